The lowest BCUT2D eigenvalue weighted by Crippen LogP contribution is -2.46. The van der Waals surface area contributed by atoms with Gasteiger partial charge in [0.2, 0.25) is 5.95 Å². The van der Waals surface area contributed by atoms with Crippen molar-refractivity contribution in [3.05, 3.63) is 54.1 Å². The highest BCUT2D eigenvalue weighted by Crippen LogP contribution is 2.32. The topological polar surface area (TPSA) is 99.2 Å². The van der Waals surface area contributed by atoms with Crippen molar-refractivity contribution in [1.29, 1.82) is 0 Å². The van der Waals surface area contributed by atoms with Crippen LogP contribution in [0.4, 0.5) is 21.3 Å². The van der Waals surface area contributed by atoms with Crippen LogP contribution in [0.3, 0.4) is 0 Å². The Morgan fingerprint density at radius 2 is 1.92 bits per heavy atom. The number of pyridine rings is 1. The number of anilines is 3. The second kappa shape index (κ2) is 10.5. The maximum absolute atomic E-state index is 14.7. The average Bonchev–Trinajstić information content (AvgIpc) is 3.34. The smallest absolute Gasteiger partial charge is 0.255 e. The van der Waals surface area contributed by atoms with Crippen LogP contribution in [0.25, 0.3) is 21.5 Å². The summed E-state index contributed by atoms with van der Waals surface area (Å²) in [6.07, 6.45) is 2.67. The summed E-state index contributed by atoms with van der Waals surface area (Å²) in [5.41, 5.74) is 2.23. The van der Waals surface area contributed by atoms with E-state index in [4.69, 9.17) is 4.98 Å². The van der Waals surface area contributed by atoms with Gasteiger partial charge in [0.25, 0.3) is 5.91 Å². The molecule has 0 aliphatic carbocycles. The molecule has 1 aliphatic heterocycles. The lowest BCUT2D eigenvalue weighted by atomic mass is 10.1. The molecule has 3 aromatic heterocycles. The fourth-order valence-electron chi connectivity index (χ4n) is 4.08. The molecule has 0 radical (unpaired) electrons. The third-order valence-corrected chi connectivity index (χ3v) is 7.16. The first-order valence-electron chi connectivity index (χ1n) is 12.0. The van der Waals surface area contributed by atoms with Gasteiger partial charge in [-0.3, -0.25) is 4.79 Å². The van der Waals surface area contributed by atoms with Crippen LogP contribution in [0, 0.1) is 5.82 Å². The fourth-order valence-corrected chi connectivity index (χ4v) is 5.21. The van der Waals surface area contributed by atoms with Gasteiger partial charge in [-0.05, 0) is 38.1 Å². The van der Waals surface area contributed by atoms with Crippen LogP contribution >= 0.6 is 11.3 Å². The predicted molar refractivity (Wildman–Crippen MR) is 140 cm³/mol. The van der Waals surface area contributed by atoms with Gasteiger partial charge in [0, 0.05) is 51.0 Å². The summed E-state index contributed by atoms with van der Waals surface area (Å²) < 4.78 is 15.7. The molecule has 11 heteroatoms. The van der Waals surface area contributed by atoms with Crippen LogP contribution in [0.5, 0.6) is 0 Å². The SMILES string of the molecule is CCN(CC)c1nc2ccc(-c3nc(Nc4ccc(C(=O)N5CCNCC5)cn4)ncc3F)cc2s1. The highest BCUT2D eigenvalue weighted by Gasteiger charge is 2.18. The van der Waals surface area contributed by atoms with Crippen LogP contribution < -0.4 is 15.5 Å². The number of hydrogen-bond donors (Lipinski definition) is 2. The van der Waals surface area contributed by atoms with E-state index in [1.165, 1.54) is 6.20 Å². The number of rotatable bonds is 7. The molecule has 4 aromatic rings. The highest BCUT2D eigenvalue weighted by atomic mass is 32.1. The summed E-state index contributed by atoms with van der Waals surface area (Å²) in [5, 5.41) is 7.19. The lowest BCUT2D eigenvalue weighted by Gasteiger charge is -2.27. The third-order valence-electron chi connectivity index (χ3n) is 6.08. The second-order valence-electron chi connectivity index (χ2n) is 8.34. The molecule has 1 aliphatic rings. The number of amides is 1. The zero-order chi connectivity index (χ0) is 25.1. The number of nitrogens with zero attached hydrogens (tertiary/aromatic N) is 6. The normalized spacial score (nSPS) is 13.7. The number of carbonyl (C=O) groups is 1. The Morgan fingerprint density at radius 3 is 2.64 bits per heavy atom. The van der Waals surface area contributed by atoms with E-state index < -0.39 is 5.82 Å². The van der Waals surface area contributed by atoms with Crippen molar-refractivity contribution < 1.29 is 9.18 Å². The Morgan fingerprint density at radius 1 is 1.11 bits per heavy atom. The van der Waals surface area contributed by atoms with E-state index >= 15 is 0 Å². The van der Waals surface area contributed by atoms with Crippen molar-refractivity contribution >= 4 is 44.4 Å². The third kappa shape index (κ3) is 4.98. The van der Waals surface area contributed by atoms with Gasteiger partial charge in [-0.15, -0.1) is 0 Å². The molecule has 2 N–H and O–H groups in total. The Bertz CT molecular complexity index is 1370. The van der Waals surface area contributed by atoms with Gasteiger partial charge in [0.05, 0.1) is 22.0 Å². The Hall–Kier alpha value is -3.70. The quantitative estimate of drug-likeness (QED) is 0.389. The van der Waals surface area contributed by atoms with Gasteiger partial charge >= 0.3 is 0 Å². The average molecular weight is 507 g/mol. The molecule has 1 saturated heterocycles. The zero-order valence-electron chi connectivity index (χ0n) is 20.2. The van der Waals surface area contributed by atoms with Gasteiger partial charge in [-0.2, -0.15) is 0 Å². The van der Waals surface area contributed by atoms with Crippen molar-refractivity contribution in [2.45, 2.75) is 13.8 Å². The minimum atomic E-state index is -0.515. The number of thiazole rings is 1. The van der Waals surface area contributed by atoms with Crippen LogP contribution in [0.1, 0.15) is 24.2 Å². The summed E-state index contributed by atoms with van der Waals surface area (Å²) in [6.45, 7) is 8.86. The Labute approximate surface area is 212 Å². The van der Waals surface area contributed by atoms with Crippen molar-refractivity contribution in [2.75, 3.05) is 49.5 Å². The number of piperazine rings is 1. The number of nitrogens with one attached hydrogen (secondary N) is 2. The van der Waals surface area contributed by atoms with Gasteiger partial charge < -0.3 is 20.4 Å². The molecule has 4 heterocycles. The molecule has 0 bridgehead atoms. The number of hydrogen-bond acceptors (Lipinski definition) is 9. The summed E-state index contributed by atoms with van der Waals surface area (Å²) in [6, 6.07) is 9.02. The highest BCUT2D eigenvalue weighted by molar-refractivity contribution is 7.22. The van der Waals surface area contributed by atoms with Gasteiger partial charge in [-0.1, -0.05) is 17.4 Å². The molecule has 9 nitrogen and oxygen atoms in total. The molecule has 36 heavy (non-hydrogen) atoms. The minimum Gasteiger partial charge on any atom is -0.349 e. The molecule has 0 spiro atoms. The number of fused-ring (bicyclic) bond motifs is 1. The minimum absolute atomic E-state index is 0.0431. The van der Waals surface area contributed by atoms with Crippen LogP contribution in [-0.2, 0) is 0 Å². The van der Waals surface area contributed by atoms with E-state index in [0.717, 1.165) is 47.7 Å². The molecule has 0 unspecified atom stereocenters. The first kappa shape index (κ1) is 24.0. The van der Waals surface area contributed by atoms with E-state index in [1.807, 2.05) is 18.2 Å². The van der Waals surface area contributed by atoms with Gasteiger partial charge in [0.15, 0.2) is 10.9 Å². The summed E-state index contributed by atoms with van der Waals surface area (Å²) in [5.74, 6) is 0.122. The van der Waals surface area contributed by atoms with Crippen molar-refractivity contribution in [3.63, 3.8) is 0 Å². The first-order valence-corrected chi connectivity index (χ1v) is 12.8. The fraction of sp³-hybridized carbons (Fsp3) is 0.320. The van der Waals surface area contributed by atoms with Crippen LogP contribution in [0.2, 0.25) is 0 Å². The van der Waals surface area contributed by atoms with E-state index in [-0.39, 0.29) is 17.5 Å². The summed E-state index contributed by atoms with van der Waals surface area (Å²) in [4.78, 5) is 34.1. The molecule has 0 atom stereocenters. The zero-order valence-corrected chi connectivity index (χ0v) is 21.0. The molecule has 5 rings (SSSR count). The van der Waals surface area contributed by atoms with E-state index in [9.17, 15) is 9.18 Å². The Balaban J connectivity index is 1.35. The van der Waals surface area contributed by atoms with Crippen molar-refractivity contribution in [1.82, 2.24) is 30.2 Å². The van der Waals surface area contributed by atoms with Gasteiger partial charge in [-0.25, -0.2) is 24.3 Å². The van der Waals surface area contributed by atoms with Crippen LogP contribution in [0.15, 0.2) is 42.7 Å². The summed E-state index contributed by atoms with van der Waals surface area (Å²) in [7, 11) is 0. The van der Waals surface area contributed by atoms with Crippen LogP contribution in [-0.4, -0.2) is 70.0 Å². The van der Waals surface area contributed by atoms with E-state index in [0.29, 0.717) is 30.0 Å². The molecule has 0 saturated carbocycles. The predicted octanol–water partition coefficient (Wildman–Crippen LogP) is 3.92. The molecule has 186 valence electrons. The number of benzene rings is 1. The first-order chi connectivity index (χ1) is 17.6. The maximum atomic E-state index is 14.7. The molecule has 1 fully saturated rings. The summed E-state index contributed by atoms with van der Waals surface area (Å²) >= 11 is 1.58. The van der Waals surface area contributed by atoms with Crippen molar-refractivity contribution in [2.24, 2.45) is 0 Å². The van der Waals surface area contributed by atoms with Gasteiger partial charge in [0.1, 0.15) is 11.5 Å². The Kier molecular flexibility index (Phi) is 7.01. The number of carbonyl (C=O) groups excluding carboxylic acids is 1. The van der Waals surface area contributed by atoms with E-state index in [2.05, 4.69) is 44.3 Å². The molecular weight excluding hydrogens is 479 g/mol. The molecular formula is C25H27FN8OS. The van der Waals surface area contributed by atoms with Crippen molar-refractivity contribution in [3.8, 4) is 11.3 Å². The molecule has 1 amide bonds. The maximum Gasteiger partial charge on any atom is 0.255 e. The monoisotopic (exact) mass is 506 g/mol. The molecule has 1 aromatic carbocycles. The second-order valence-corrected chi connectivity index (χ2v) is 9.35. The number of aromatic nitrogens is 4. The van der Waals surface area contributed by atoms with E-state index in [1.54, 1.807) is 28.4 Å². The largest absolute Gasteiger partial charge is 0.349 e. The standard InChI is InChI=1S/C25H27FN8OS/c1-3-33(4-2)25-30-19-7-5-16(13-20(19)36-25)22-18(26)15-29-24(32-22)31-21-8-6-17(14-28-21)23(35)34-11-9-27-10-12-34/h5-8,13-15,27H,3-4,9-12H2,1-2H3,(H,28,29,31,32). The number of halogens is 1. The lowest BCUT2D eigenvalue weighted by molar-refractivity contribution is 0.0735.